The molecule has 190 valence electrons. The van der Waals surface area contributed by atoms with E-state index in [0.29, 0.717) is 18.6 Å². The molecule has 0 unspecified atom stereocenters. The maximum absolute atomic E-state index is 15.3. The highest BCUT2D eigenvalue weighted by Crippen LogP contribution is 2.53. The standard InChI is InChI=1S/C24H24F5NO4S/c1-2-3-5-20(31)30-13-4-12-23(19(30)14-34-22-18(26)11-10-17(25)21(22)23)35(32,33)16-8-6-15(7-9-16)24(27,28)29/h6-11,19H,2-5,12-14H2,1H3/t19-,23+/m0/s1. The highest BCUT2D eigenvalue weighted by Gasteiger charge is 2.61. The van der Waals surface area contributed by atoms with Crippen LogP contribution in [0.25, 0.3) is 0 Å². The Balaban J connectivity index is 1.93. The molecule has 0 saturated carbocycles. The molecule has 0 N–H and O–H groups in total. The van der Waals surface area contributed by atoms with Crippen molar-refractivity contribution in [2.75, 3.05) is 13.2 Å². The molecule has 11 heteroatoms. The summed E-state index contributed by atoms with van der Waals surface area (Å²) in [4.78, 5) is 13.9. The summed E-state index contributed by atoms with van der Waals surface area (Å²) in [6.45, 7) is 1.69. The average molecular weight is 518 g/mol. The first-order chi connectivity index (χ1) is 16.4. The largest absolute Gasteiger partial charge is 0.488 e. The number of alkyl halides is 3. The lowest BCUT2D eigenvalue weighted by molar-refractivity contribution is -0.138. The summed E-state index contributed by atoms with van der Waals surface area (Å²) >= 11 is 0. The number of hydrogen-bond acceptors (Lipinski definition) is 4. The maximum Gasteiger partial charge on any atom is 0.416 e. The van der Waals surface area contributed by atoms with Gasteiger partial charge in [-0.15, -0.1) is 0 Å². The smallest absolute Gasteiger partial charge is 0.416 e. The number of nitrogens with zero attached hydrogens (tertiary/aromatic N) is 1. The Kier molecular flexibility index (Phi) is 6.58. The molecule has 2 heterocycles. The molecule has 1 fully saturated rings. The molecule has 4 rings (SSSR count). The van der Waals surface area contributed by atoms with Crippen LogP contribution in [-0.4, -0.2) is 38.4 Å². The fourth-order valence-electron chi connectivity index (χ4n) is 5.08. The van der Waals surface area contributed by atoms with Crippen LogP contribution in [0.15, 0.2) is 41.3 Å². The minimum absolute atomic E-state index is 0.141. The van der Waals surface area contributed by atoms with Crippen LogP contribution < -0.4 is 4.74 Å². The molecule has 0 spiro atoms. The minimum Gasteiger partial charge on any atom is -0.488 e. The third-order valence-electron chi connectivity index (χ3n) is 6.77. The monoisotopic (exact) mass is 517 g/mol. The Bertz CT molecular complexity index is 1230. The number of piperidine rings is 1. The molecule has 0 bridgehead atoms. The lowest BCUT2D eigenvalue weighted by Crippen LogP contribution is -2.64. The third kappa shape index (κ3) is 4.07. The van der Waals surface area contributed by atoms with Crippen molar-refractivity contribution in [3.63, 3.8) is 0 Å². The van der Waals surface area contributed by atoms with Gasteiger partial charge in [0.25, 0.3) is 0 Å². The number of unbranched alkanes of at least 4 members (excludes halogenated alkanes) is 1. The highest BCUT2D eigenvalue weighted by atomic mass is 32.2. The molecule has 35 heavy (non-hydrogen) atoms. The van der Waals surface area contributed by atoms with Crippen LogP contribution >= 0.6 is 0 Å². The first-order valence-electron chi connectivity index (χ1n) is 11.3. The van der Waals surface area contributed by atoms with E-state index in [2.05, 4.69) is 0 Å². The van der Waals surface area contributed by atoms with Gasteiger partial charge >= 0.3 is 6.18 Å². The molecule has 2 aromatic rings. The quantitative estimate of drug-likeness (QED) is 0.510. The fraction of sp³-hybridized carbons (Fsp3) is 0.458. The molecule has 2 aliphatic rings. The second-order valence-electron chi connectivity index (χ2n) is 8.77. The van der Waals surface area contributed by atoms with E-state index in [0.717, 1.165) is 30.7 Å². The van der Waals surface area contributed by atoms with E-state index in [1.54, 1.807) is 0 Å². The summed E-state index contributed by atoms with van der Waals surface area (Å²) in [6, 6.07) is 3.32. The van der Waals surface area contributed by atoms with E-state index in [1.165, 1.54) is 4.90 Å². The predicted octanol–water partition coefficient (Wildman–Crippen LogP) is 5.23. The van der Waals surface area contributed by atoms with Crippen molar-refractivity contribution in [2.24, 2.45) is 0 Å². The molecule has 2 atom stereocenters. The molecule has 0 aliphatic carbocycles. The van der Waals surface area contributed by atoms with Crippen molar-refractivity contribution in [1.29, 1.82) is 0 Å². The number of halogens is 5. The predicted molar refractivity (Wildman–Crippen MR) is 116 cm³/mol. The van der Waals surface area contributed by atoms with Gasteiger partial charge in [-0.2, -0.15) is 13.2 Å². The van der Waals surface area contributed by atoms with E-state index in [9.17, 15) is 30.8 Å². The topological polar surface area (TPSA) is 63.7 Å². The van der Waals surface area contributed by atoms with Gasteiger partial charge in [0.05, 0.1) is 22.1 Å². The number of likely N-dealkylation sites (tertiary alicyclic amines) is 1. The summed E-state index contributed by atoms with van der Waals surface area (Å²) in [5, 5.41) is 0. The van der Waals surface area contributed by atoms with E-state index in [-0.39, 0.29) is 31.7 Å². The summed E-state index contributed by atoms with van der Waals surface area (Å²) in [5.41, 5.74) is -1.57. The van der Waals surface area contributed by atoms with E-state index in [4.69, 9.17) is 4.74 Å². The summed E-state index contributed by atoms with van der Waals surface area (Å²) in [5.74, 6) is -2.88. The van der Waals surface area contributed by atoms with Gasteiger partial charge in [0.1, 0.15) is 17.2 Å². The van der Waals surface area contributed by atoms with Gasteiger partial charge in [-0.3, -0.25) is 4.79 Å². The fourth-order valence-corrected chi connectivity index (χ4v) is 7.43. The Morgan fingerprint density at radius 1 is 1.11 bits per heavy atom. The van der Waals surface area contributed by atoms with Crippen LogP contribution in [0.4, 0.5) is 22.0 Å². The van der Waals surface area contributed by atoms with Crippen molar-refractivity contribution < 1.29 is 39.9 Å². The van der Waals surface area contributed by atoms with E-state index >= 15 is 4.39 Å². The van der Waals surface area contributed by atoms with Gasteiger partial charge < -0.3 is 9.64 Å². The third-order valence-corrected chi connectivity index (χ3v) is 9.30. The number of amides is 1. The van der Waals surface area contributed by atoms with E-state index < -0.39 is 66.8 Å². The lowest BCUT2D eigenvalue weighted by Gasteiger charge is -2.51. The molecule has 2 aromatic carbocycles. The van der Waals surface area contributed by atoms with Gasteiger partial charge in [0, 0.05) is 13.0 Å². The zero-order valence-corrected chi connectivity index (χ0v) is 19.7. The lowest BCUT2D eigenvalue weighted by atomic mass is 9.80. The molecule has 0 aromatic heterocycles. The van der Waals surface area contributed by atoms with Gasteiger partial charge in [0.2, 0.25) is 5.91 Å². The van der Waals surface area contributed by atoms with Crippen molar-refractivity contribution in [3.8, 4) is 5.75 Å². The number of rotatable bonds is 5. The Morgan fingerprint density at radius 2 is 1.77 bits per heavy atom. The summed E-state index contributed by atoms with van der Waals surface area (Å²) in [7, 11) is -4.63. The summed E-state index contributed by atoms with van der Waals surface area (Å²) < 4.78 is 101. The SMILES string of the molecule is CCCCC(=O)N1CCC[C@]2(S(=O)(=O)c3ccc(C(F)(F)F)cc3)c3c(F)ccc(F)c3OC[C@H]12. The molecule has 1 amide bonds. The van der Waals surface area contributed by atoms with E-state index in [1.807, 2.05) is 6.92 Å². The Morgan fingerprint density at radius 3 is 2.40 bits per heavy atom. The van der Waals surface area contributed by atoms with Crippen molar-refractivity contribution in [2.45, 2.75) is 60.9 Å². The van der Waals surface area contributed by atoms with Gasteiger partial charge in [-0.25, -0.2) is 17.2 Å². The van der Waals surface area contributed by atoms with Crippen LogP contribution in [0.2, 0.25) is 0 Å². The number of carbonyl (C=O) groups excluding carboxylic acids is 1. The number of ether oxygens (including phenoxy) is 1. The first kappa shape index (κ1) is 25.4. The first-order valence-corrected chi connectivity index (χ1v) is 12.8. The highest BCUT2D eigenvalue weighted by molar-refractivity contribution is 7.92. The number of carbonyl (C=O) groups is 1. The van der Waals surface area contributed by atoms with Crippen molar-refractivity contribution in [1.82, 2.24) is 4.90 Å². The van der Waals surface area contributed by atoms with Gasteiger partial charge in [0.15, 0.2) is 21.4 Å². The second kappa shape index (κ2) is 9.07. The second-order valence-corrected chi connectivity index (χ2v) is 11.0. The Labute approximate surface area is 199 Å². The summed E-state index contributed by atoms with van der Waals surface area (Å²) in [6.07, 6.45) is -3.25. The van der Waals surface area contributed by atoms with Gasteiger partial charge in [-0.1, -0.05) is 13.3 Å². The number of fused-ring (bicyclic) bond motifs is 3. The molecule has 5 nitrogen and oxygen atoms in total. The maximum atomic E-state index is 15.3. The van der Waals surface area contributed by atoms with Crippen LogP contribution in [0.1, 0.15) is 50.2 Å². The van der Waals surface area contributed by atoms with Crippen LogP contribution in [0, 0.1) is 11.6 Å². The van der Waals surface area contributed by atoms with Crippen LogP contribution in [-0.2, 0) is 25.6 Å². The van der Waals surface area contributed by atoms with Crippen LogP contribution in [0.5, 0.6) is 5.75 Å². The van der Waals surface area contributed by atoms with Crippen molar-refractivity contribution in [3.05, 3.63) is 59.2 Å². The number of benzene rings is 2. The Hall–Kier alpha value is -2.69. The molecular formula is C24H24F5NO4S. The van der Waals surface area contributed by atoms with Crippen molar-refractivity contribution >= 4 is 15.7 Å². The zero-order chi connectivity index (χ0) is 25.6. The number of sulfone groups is 1. The zero-order valence-electron chi connectivity index (χ0n) is 18.9. The average Bonchev–Trinajstić information content (AvgIpc) is 2.83. The number of hydrogen-bond donors (Lipinski definition) is 0. The molecule has 2 aliphatic heterocycles. The molecular weight excluding hydrogens is 493 g/mol. The molecule has 1 saturated heterocycles. The van der Waals surface area contributed by atoms with Gasteiger partial charge in [-0.05, 0) is 55.7 Å². The van der Waals surface area contributed by atoms with Crippen LogP contribution in [0.3, 0.4) is 0 Å². The normalized spacial score (nSPS) is 22.2. The minimum atomic E-state index is -4.68. The molecule has 0 radical (unpaired) electrons.